The molecule has 2 aromatic carbocycles. The fourth-order valence-corrected chi connectivity index (χ4v) is 4.47. The number of nitrogens with zero attached hydrogens (tertiary/aromatic N) is 1. The van der Waals surface area contributed by atoms with E-state index in [1.807, 2.05) is 20.8 Å². The maximum absolute atomic E-state index is 13.4. The van der Waals surface area contributed by atoms with E-state index in [9.17, 15) is 18.0 Å². The van der Waals surface area contributed by atoms with Crippen molar-refractivity contribution in [3.05, 3.63) is 58.4 Å². The minimum absolute atomic E-state index is 0.185. The lowest BCUT2D eigenvalue weighted by Gasteiger charge is -2.23. The summed E-state index contributed by atoms with van der Waals surface area (Å²) in [7, 11) is 0. The highest BCUT2D eigenvalue weighted by Crippen LogP contribution is 2.37. The van der Waals surface area contributed by atoms with Crippen molar-refractivity contribution in [1.82, 2.24) is 0 Å². The van der Waals surface area contributed by atoms with Gasteiger partial charge in [-0.15, -0.1) is 11.8 Å². The van der Waals surface area contributed by atoms with Crippen LogP contribution in [0.3, 0.4) is 0 Å². The Balaban J connectivity index is 0.00000249. The van der Waals surface area contributed by atoms with Crippen LogP contribution in [0.4, 0.5) is 18.9 Å². The van der Waals surface area contributed by atoms with Gasteiger partial charge < -0.3 is 5.32 Å². The molecule has 8 heteroatoms. The monoisotopic (exact) mass is 484 g/mol. The van der Waals surface area contributed by atoms with E-state index < -0.39 is 23.4 Å². The van der Waals surface area contributed by atoms with Gasteiger partial charge in [0.2, 0.25) is 0 Å². The number of hydrogen-bond acceptors (Lipinski definition) is 3. The second-order valence-corrected chi connectivity index (χ2v) is 9.14. The van der Waals surface area contributed by atoms with Gasteiger partial charge in [-0.1, -0.05) is 46.2 Å². The first-order chi connectivity index (χ1) is 15.1. The third kappa shape index (κ3) is 8.07. The molecule has 0 radical (unpaired) electrons. The Morgan fingerprint density at radius 3 is 2.25 bits per heavy atom. The van der Waals surface area contributed by atoms with Crippen molar-refractivity contribution in [3.8, 4) is 6.07 Å². The van der Waals surface area contributed by atoms with Gasteiger partial charge in [0, 0.05) is 39.9 Å². The molecule has 0 aromatic heterocycles. The molecule has 0 saturated carbocycles. The summed E-state index contributed by atoms with van der Waals surface area (Å²) in [5, 5.41) is 11.9. The van der Waals surface area contributed by atoms with E-state index in [2.05, 4.69) is 25.2 Å². The molecule has 1 amide bonds. The molecule has 2 unspecified atom stereocenters. The molecule has 2 atom stereocenters. The number of amides is 1. The van der Waals surface area contributed by atoms with Gasteiger partial charge in [-0.3, -0.25) is 4.79 Å². The van der Waals surface area contributed by atoms with Crippen molar-refractivity contribution in [3.63, 3.8) is 0 Å². The Morgan fingerprint density at radius 1 is 1.12 bits per heavy atom. The van der Waals surface area contributed by atoms with Crippen LogP contribution in [0.5, 0.6) is 0 Å². The van der Waals surface area contributed by atoms with E-state index in [0.29, 0.717) is 34.4 Å². The molecule has 1 N–H and O–H groups in total. The number of carbonyl (C=O) groups excluding carboxylic acids is 1. The summed E-state index contributed by atoms with van der Waals surface area (Å²) >= 11 is 7.85. The van der Waals surface area contributed by atoms with Crippen LogP contribution in [0, 0.1) is 40.6 Å². The van der Waals surface area contributed by atoms with E-state index in [1.54, 1.807) is 12.1 Å². The average molecular weight is 485 g/mol. The normalized spacial score (nSPS) is 12.4. The summed E-state index contributed by atoms with van der Waals surface area (Å²) in [6, 6.07) is 8.31. The van der Waals surface area contributed by atoms with Gasteiger partial charge in [0.05, 0.1) is 11.1 Å². The van der Waals surface area contributed by atoms with Crippen LogP contribution in [0.1, 0.15) is 57.8 Å². The van der Waals surface area contributed by atoms with Crippen LogP contribution >= 0.6 is 23.4 Å². The number of benzene rings is 2. The summed E-state index contributed by atoms with van der Waals surface area (Å²) < 4.78 is 39.9. The fourth-order valence-electron chi connectivity index (χ4n) is 2.82. The molecule has 0 aliphatic carbocycles. The van der Waals surface area contributed by atoms with Gasteiger partial charge in [-0.25, -0.2) is 13.2 Å². The molecule has 0 aliphatic heterocycles. The van der Waals surface area contributed by atoms with Crippen LogP contribution in [0.2, 0.25) is 5.02 Å². The number of anilines is 1. The van der Waals surface area contributed by atoms with Gasteiger partial charge in [-0.2, -0.15) is 5.26 Å². The van der Waals surface area contributed by atoms with Crippen molar-refractivity contribution in [2.45, 2.75) is 57.6 Å². The molecule has 0 saturated heterocycles. The number of rotatable bonds is 8. The first-order valence-corrected chi connectivity index (χ1v) is 11.7. The highest BCUT2D eigenvalue weighted by Gasteiger charge is 2.21. The topological polar surface area (TPSA) is 52.9 Å². The van der Waals surface area contributed by atoms with Crippen molar-refractivity contribution in [2.24, 2.45) is 11.8 Å². The lowest BCUT2D eigenvalue weighted by molar-refractivity contribution is 0.102. The first-order valence-electron chi connectivity index (χ1n) is 10.4. The average Bonchev–Trinajstić information content (AvgIpc) is 2.74. The molecule has 0 spiro atoms. The van der Waals surface area contributed by atoms with E-state index in [1.165, 1.54) is 17.8 Å². The maximum atomic E-state index is 13.4. The van der Waals surface area contributed by atoms with Gasteiger partial charge in [0.1, 0.15) is 0 Å². The number of halogens is 4. The van der Waals surface area contributed by atoms with Gasteiger partial charge in [0.15, 0.2) is 17.5 Å². The largest absolute Gasteiger partial charge is 0.322 e. The molecule has 2 aromatic rings. The van der Waals surface area contributed by atoms with Crippen LogP contribution in [0.25, 0.3) is 0 Å². The molecule has 3 nitrogen and oxygen atoms in total. The smallest absolute Gasteiger partial charge is 0.255 e. The molecule has 0 bridgehead atoms. The van der Waals surface area contributed by atoms with E-state index in [4.69, 9.17) is 16.9 Å². The lowest BCUT2D eigenvalue weighted by atomic mass is 9.97. The number of carbonyl (C=O) groups is 1. The minimum Gasteiger partial charge on any atom is -0.322 e. The highest BCUT2D eigenvalue weighted by molar-refractivity contribution is 8.00. The summed E-state index contributed by atoms with van der Waals surface area (Å²) in [6.07, 6.45) is 1.28. The number of hydrogen-bond donors (Lipinski definition) is 1. The second-order valence-electron chi connectivity index (χ2n) is 7.46. The summed E-state index contributed by atoms with van der Waals surface area (Å²) in [6.45, 7) is 10.2. The Labute approximate surface area is 197 Å². The first kappa shape index (κ1) is 27.9. The Hall–Kier alpha value is -2.17. The Kier molecular flexibility index (Phi) is 11.7. The van der Waals surface area contributed by atoms with Crippen molar-refractivity contribution >= 4 is 35.0 Å². The van der Waals surface area contributed by atoms with Gasteiger partial charge >= 0.3 is 0 Å². The van der Waals surface area contributed by atoms with Crippen molar-refractivity contribution < 1.29 is 18.0 Å². The van der Waals surface area contributed by atoms with Crippen LogP contribution < -0.4 is 5.32 Å². The summed E-state index contributed by atoms with van der Waals surface area (Å²) in [5.74, 6) is -4.42. The number of nitriles is 1. The summed E-state index contributed by atoms with van der Waals surface area (Å²) in [5.41, 5.74) is 0.0607. The molecule has 2 rings (SSSR count). The van der Waals surface area contributed by atoms with E-state index in [-0.39, 0.29) is 22.4 Å². The minimum atomic E-state index is -1.59. The standard InChI is InChI=1S/C22H22ClF3N2OS.C2H6/c1-12(2)19(8-13(3)6-7-27)30-20-9-14(4-5-16(20)23)22(29)28-15-10-17(24)21(26)18(25)11-15;1-2/h4-5,9-13,19H,6,8H2,1-3H3,(H,28,29);1-2H3. The maximum Gasteiger partial charge on any atom is 0.255 e. The molecular formula is C24H28ClF3N2OS. The molecule has 0 fully saturated rings. The van der Waals surface area contributed by atoms with Crippen LogP contribution in [0.15, 0.2) is 35.2 Å². The molecule has 32 heavy (non-hydrogen) atoms. The highest BCUT2D eigenvalue weighted by atomic mass is 35.5. The fraction of sp³-hybridized carbons (Fsp3) is 0.417. The lowest BCUT2D eigenvalue weighted by Crippen LogP contribution is -2.16. The molecular weight excluding hydrogens is 457 g/mol. The van der Waals surface area contributed by atoms with Crippen LogP contribution in [-0.2, 0) is 0 Å². The zero-order valence-electron chi connectivity index (χ0n) is 18.8. The zero-order valence-corrected chi connectivity index (χ0v) is 20.4. The van der Waals surface area contributed by atoms with E-state index in [0.717, 1.165) is 6.42 Å². The van der Waals surface area contributed by atoms with E-state index >= 15 is 0 Å². The Bertz CT molecular complexity index is 940. The molecule has 0 heterocycles. The Morgan fingerprint density at radius 2 is 1.72 bits per heavy atom. The number of nitrogens with one attached hydrogen (secondary N) is 1. The quantitative estimate of drug-likeness (QED) is 0.304. The third-order valence-corrected chi connectivity index (χ3v) is 6.60. The van der Waals surface area contributed by atoms with Crippen LogP contribution in [-0.4, -0.2) is 11.2 Å². The number of thioether (sulfide) groups is 1. The molecule has 0 aliphatic rings. The van der Waals surface area contributed by atoms with Crippen molar-refractivity contribution in [2.75, 3.05) is 5.32 Å². The predicted octanol–water partition coefficient (Wildman–Crippen LogP) is 8.09. The SMILES string of the molecule is CC.CC(CC#N)CC(Sc1cc(C(=O)Nc2cc(F)c(F)c(F)c2)ccc1Cl)C(C)C. The van der Waals surface area contributed by atoms with Crippen molar-refractivity contribution in [1.29, 1.82) is 5.26 Å². The van der Waals surface area contributed by atoms with Gasteiger partial charge in [0.25, 0.3) is 5.91 Å². The second kappa shape index (κ2) is 13.4. The van der Waals surface area contributed by atoms with Gasteiger partial charge in [-0.05, 0) is 36.5 Å². The molecule has 174 valence electrons. The zero-order chi connectivity index (χ0) is 24.4. The summed E-state index contributed by atoms with van der Waals surface area (Å²) in [4.78, 5) is 13.2. The predicted molar refractivity (Wildman–Crippen MR) is 126 cm³/mol. The third-order valence-electron chi connectivity index (χ3n) is 4.53.